The van der Waals surface area contributed by atoms with Gasteiger partial charge in [0.15, 0.2) is 0 Å². The van der Waals surface area contributed by atoms with Crippen LogP contribution in [0.2, 0.25) is 0 Å². The maximum absolute atomic E-state index is 6.03. The summed E-state index contributed by atoms with van der Waals surface area (Å²) in [6.45, 7) is 12.9. The normalized spacial score (nSPS) is 13.1. The average Bonchev–Trinajstić information content (AvgIpc) is 2.23. The van der Waals surface area contributed by atoms with Crippen LogP contribution in [-0.4, -0.2) is 30.6 Å². The molecule has 19 heavy (non-hydrogen) atoms. The summed E-state index contributed by atoms with van der Waals surface area (Å²) in [5.74, 6) is 0. The van der Waals surface area contributed by atoms with Gasteiger partial charge in [0.1, 0.15) is 0 Å². The molecule has 0 aliphatic heterocycles. The molecule has 0 fully saturated rings. The van der Waals surface area contributed by atoms with Crippen molar-refractivity contribution in [2.24, 2.45) is 5.73 Å². The number of hydrogen-bond donors (Lipinski definition) is 1. The SMILES string of the molecule is CN(CCc1ccc(C(C)(C)C)cc1)CC(C)(C)N. The van der Waals surface area contributed by atoms with E-state index in [0.29, 0.717) is 0 Å². The minimum Gasteiger partial charge on any atom is -0.324 e. The summed E-state index contributed by atoms with van der Waals surface area (Å²) in [4.78, 5) is 2.30. The summed E-state index contributed by atoms with van der Waals surface area (Å²) in [6.07, 6.45) is 1.08. The third-order valence-corrected chi connectivity index (χ3v) is 3.28. The van der Waals surface area contributed by atoms with Gasteiger partial charge in [0.25, 0.3) is 0 Å². The Labute approximate surface area is 119 Å². The van der Waals surface area contributed by atoms with Gasteiger partial charge >= 0.3 is 0 Å². The van der Waals surface area contributed by atoms with Crippen LogP contribution in [0.4, 0.5) is 0 Å². The van der Waals surface area contributed by atoms with Crippen LogP contribution in [0.3, 0.4) is 0 Å². The Kier molecular flexibility index (Phi) is 5.17. The maximum atomic E-state index is 6.03. The van der Waals surface area contributed by atoms with E-state index in [4.69, 9.17) is 5.73 Å². The number of likely N-dealkylation sites (N-methyl/N-ethyl adjacent to an activating group) is 1. The Hall–Kier alpha value is -0.860. The van der Waals surface area contributed by atoms with E-state index in [1.54, 1.807) is 0 Å². The van der Waals surface area contributed by atoms with Gasteiger partial charge in [-0.15, -0.1) is 0 Å². The highest BCUT2D eigenvalue weighted by atomic mass is 15.1. The van der Waals surface area contributed by atoms with Crippen molar-refractivity contribution >= 4 is 0 Å². The molecule has 2 N–H and O–H groups in total. The molecule has 0 aromatic heterocycles. The molecule has 2 heteroatoms. The lowest BCUT2D eigenvalue weighted by Crippen LogP contribution is -2.44. The molecular formula is C17H30N2. The van der Waals surface area contributed by atoms with Crippen molar-refractivity contribution in [2.75, 3.05) is 20.1 Å². The molecule has 0 spiro atoms. The van der Waals surface area contributed by atoms with E-state index in [1.807, 2.05) is 0 Å². The van der Waals surface area contributed by atoms with Crippen LogP contribution in [0.5, 0.6) is 0 Å². The average molecular weight is 262 g/mol. The van der Waals surface area contributed by atoms with Crippen LogP contribution >= 0.6 is 0 Å². The van der Waals surface area contributed by atoms with Gasteiger partial charge in [-0.3, -0.25) is 0 Å². The Balaban J connectivity index is 2.51. The van der Waals surface area contributed by atoms with Gasteiger partial charge in [0, 0.05) is 18.6 Å². The van der Waals surface area contributed by atoms with E-state index < -0.39 is 0 Å². The van der Waals surface area contributed by atoms with E-state index in [0.717, 1.165) is 19.5 Å². The number of nitrogens with two attached hydrogens (primary N) is 1. The fraction of sp³-hybridized carbons (Fsp3) is 0.647. The van der Waals surface area contributed by atoms with Gasteiger partial charge in [0.05, 0.1) is 0 Å². The summed E-state index contributed by atoms with van der Waals surface area (Å²) in [5, 5.41) is 0. The smallest absolute Gasteiger partial charge is 0.0225 e. The molecule has 0 saturated carbocycles. The van der Waals surface area contributed by atoms with Crippen LogP contribution in [0.25, 0.3) is 0 Å². The first-order valence-electron chi connectivity index (χ1n) is 7.15. The molecule has 108 valence electrons. The summed E-state index contributed by atoms with van der Waals surface area (Å²) in [7, 11) is 2.14. The van der Waals surface area contributed by atoms with E-state index in [-0.39, 0.29) is 11.0 Å². The summed E-state index contributed by atoms with van der Waals surface area (Å²) in [5.41, 5.74) is 8.94. The van der Waals surface area contributed by atoms with Crippen molar-refractivity contribution in [3.05, 3.63) is 35.4 Å². The van der Waals surface area contributed by atoms with Crippen molar-refractivity contribution in [1.29, 1.82) is 0 Å². The molecule has 0 saturated heterocycles. The topological polar surface area (TPSA) is 29.3 Å². The van der Waals surface area contributed by atoms with Gasteiger partial charge in [-0.1, -0.05) is 45.0 Å². The Morgan fingerprint density at radius 2 is 1.53 bits per heavy atom. The molecule has 0 aliphatic carbocycles. The fourth-order valence-corrected chi connectivity index (χ4v) is 2.27. The van der Waals surface area contributed by atoms with E-state index in [9.17, 15) is 0 Å². The molecule has 2 nitrogen and oxygen atoms in total. The van der Waals surface area contributed by atoms with Gasteiger partial charge in [-0.05, 0) is 43.9 Å². The third kappa shape index (κ3) is 6.22. The van der Waals surface area contributed by atoms with Crippen LogP contribution in [-0.2, 0) is 11.8 Å². The first-order chi connectivity index (χ1) is 8.58. The second kappa shape index (κ2) is 6.06. The van der Waals surface area contributed by atoms with Gasteiger partial charge in [-0.25, -0.2) is 0 Å². The zero-order chi connectivity index (χ0) is 14.7. The Morgan fingerprint density at radius 3 is 1.95 bits per heavy atom. The number of hydrogen-bond acceptors (Lipinski definition) is 2. The van der Waals surface area contributed by atoms with Crippen LogP contribution in [0, 0.1) is 0 Å². The minimum atomic E-state index is -0.120. The second-order valence-electron chi connectivity index (χ2n) is 7.42. The summed E-state index contributed by atoms with van der Waals surface area (Å²) >= 11 is 0. The van der Waals surface area contributed by atoms with Crippen molar-refractivity contribution in [3.8, 4) is 0 Å². The lowest BCUT2D eigenvalue weighted by atomic mass is 9.86. The van der Waals surface area contributed by atoms with Gasteiger partial charge in [0.2, 0.25) is 0 Å². The highest BCUT2D eigenvalue weighted by Gasteiger charge is 2.14. The molecule has 0 bridgehead atoms. The molecule has 0 atom stereocenters. The predicted molar refractivity (Wildman–Crippen MR) is 84.6 cm³/mol. The Bertz CT molecular complexity index is 379. The van der Waals surface area contributed by atoms with Gasteiger partial charge in [-0.2, -0.15) is 0 Å². The number of benzene rings is 1. The first kappa shape index (κ1) is 16.2. The fourth-order valence-electron chi connectivity index (χ4n) is 2.27. The van der Waals surface area contributed by atoms with E-state index >= 15 is 0 Å². The molecule has 0 aliphatic rings. The van der Waals surface area contributed by atoms with Crippen LogP contribution in [0.15, 0.2) is 24.3 Å². The zero-order valence-electron chi connectivity index (χ0n) is 13.5. The minimum absolute atomic E-state index is 0.120. The monoisotopic (exact) mass is 262 g/mol. The lowest BCUT2D eigenvalue weighted by molar-refractivity contribution is 0.273. The quantitative estimate of drug-likeness (QED) is 0.883. The van der Waals surface area contributed by atoms with Crippen molar-refractivity contribution in [2.45, 2.75) is 52.0 Å². The molecule has 0 radical (unpaired) electrons. The van der Waals surface area contributed by atoms with E-state index in [2.05, 4.69) is 70.8 Å². The predicted octanol–water partition coefficient (Wildman–Crippen LogP) is 3.20. The number of nitrogens with zero attached hydrogens (tertiary/aromatic N) is 1. The highest BCUT2D eigenvalue weighted by molar-refractivity contribution is 5.27. The molecular weight excluding hydrogens is 232 g/mol. The summed E-state index contributed by atoms with van der Waals surface area (Å²) in [6, 6.07) is 9.01. The maximum Gasteiger partial charge on any atom is 0.0225 e. The third-order valence-electron chi connectivity index (χ3n) is 3.28. The molecule has 0 unspecified atom stereocenters. The van der Waals surface area contributed by atoms with Crippen molar-refractivity contribution in [1.82, 2.24) is 4.90 Å². The van der Waals surface area contributed by atoms with Crippen LogP contribution in [0.1, 0.15) is 45.7 Å². The number of rotatable bonds is 5. The molecule has 1 aromatic rings. The lowest BCUT2D eigenvalue weighted by Gasteiger charge is -2.26. The molecule has 1 rings (SSSR count). The van der Waals surface area contributed by atoms with Crippen molar-refractivity contribution < 1.29 is 0 Å². The molecule has 0 heterocycles. The molecule has 1 aromatic carbocycles. The van der Waals surface area contributed by atoms with Gasteiger partial charge < -0.3 is 10.6 Å². The molecule has 0 amide bonds. The second-order valence-corrected chi connectivity index (χ2v) is 7.42. The standard InChI is InChI=1S/C17H30N2/c1-16(2,3)15-9-7-14(8-10-15)11-12-19(6)13-17(4,5)18/h7-10H,11-13,18H2,1-6H3. The van der Waals surface area contributed by atoms with E-state index in [1.165, 1.54) is 11.1 Å². The van der Waals surface area contributed by atoms with Crippen molar-refractivity contribution in [3.63, 3.8) is 0 Å². The Morgan fingerprint density at radius 1 is 1.00 bits per heavy atom. The first-order valence-corrected chi connectivity index (χ1v) is 7.15. The summed E-state index contributed by atoms with van der Waals surface area (Å²) < 4.78 is 0. The largest absolute Gasteiger partial charge is 0.324 e. The highest BCUT2D eigenvalue weighted by Crippen LogP contribution is 2.22. The van der Waals surface area contributed by atoms with Crippen LogP contribution < -0.4 is 5.73 Å². The zero-order valence-corrected chi connectivity index (χ0v) is 13.5.